The number of hydrogen-bond acceptors (Lipinski definition) is 4. The zero-order valence-electron chi connectivity index (χ0n) is 13.1. The van der Waals surface area contributed by atoms with E-state index in [2.05, 4.69) is 23.8 Å². The third-order valence-electron chi connectivity index (χ3n) is 3.88. The van der Waals surface area contributed by atoms with Crippen LogP contribution in [0.15, 0.2) is 0 Å². The number of ether oxygens (including phenoxy) is 1. The second kappa shape index (κ2) is 7.85. The van der Waals surface area contributed by atoms with Crippen molar-refractivity contribution in [3.05, 3.63) is 0 Å². The van der Waals surface area contributed by atoms with Crippen molar-refractivity contribution in [2.24, 2.45) is 5.41 Å². The largest absolute Gasteiger partial charge is 0.465 e. The summed E-state index contributed by atoms with van der Waals surface area (Å²) in [6.07, 6.45) is 2.85. The Hall–Kier alpha value is -0.610. The van der Waals surface area contributed by atoms with Crippen LogP contribution in [-0.4, -0.2) is 62.1 Å². The maximum atomic E-state index is 11.9. The predicted molar refractivity (Wildman–Crippen MR) is 78.2 cm³/mol. The summed E-state index contributed by atoms with van der Waals surface area (Å²) in [5.74, 6) is -0.0484. The molecule has 1 saturated heterocycles. The first-order valence-electron chi connectivity index (χ1n) is 7.54. The van der Waals surface area contributed by atoms with Crippen molar-refractivity contribution in [1.29, 1.82) is 0 Å². The van der Waals surface area contributed by atoms with Gasteiger partial charge in [0.2, 0.25) is 0 Å². The molecule has 0 aromatic rings. The van der Waals surface area contributed by atoms with Crippen molar-refractivity contribution in [3.8, 4) is 0 Å². The van der Waals surface area contributed by atoms with E-state index < -0.39 is 0 Å². The number of piperazine rings is 1. The molecule has 4 nitrogen and oxygen atoms in total. The van der Waals surface area contributed by atoms with E-state index in [1.807, 2.05) is 13.8 Å². The molecule has 1 fully saturated rings. The Labute approximate surface area is 118 Å². The molecule has 0 aromatic heterocycles. The lowest BCUT2D eigenvalue weighted by Crippen LogP contribution is -2.44. The molecule has 1 rings (SSSR count). The van der Waals surface area contributed by atoms with E-state index in [1.165, 1.54) is 0 Å². The van der Waals surface area contributed by atoms with Crippen LogP contribution in [0.5, 0.6) is 0 Å². The molecule has 0 radical (unpaired) electrons. The average molecular weight is 270 g/mol. The molecular formula is C15H30N2O2. The fourth-order valence-corrected chi connectivity index (χ4v) is 2.45. The minimum absolute atomic E-state index is 0.0484. The summed E-state index contributed by atoms with van der Waals surface area (Å²) in [4.78, 5) is 16.7. The van der Waals surface area contributed by atoms with Crippen LogP contribution in [-0.2, 0) is 9.53 Å². The molecule has 0 atom stereocenters. The molecule has 19 heavy (non-hydrogen) atoms. The third-order valence-corrected chi connectivity index (χ3v) is 3.88. The third kappa shape index (κ3) is 5.91. The molecule has 0 saturated carbocycles. The van der Waals surface area contributed by atoms with Crippen molar-refractivity contribution in [2.45, 2.75) is 40.0 Å². The second-order valence-electron chi connectivity index (χ2n) is 6.27. The van der Waals surface area contributed by atoms with Crippen molar-refractivity contribution >= 4 is 5.97 Å². The van der Waals surface area contributed by atoms with Gasteiger partial charge >= 0.3 is 5.97 Å². The van der Waals surface area contributed by atoms with Gasteiger partial charge < -0.3 is 14.5 Å². The SMILES string of the molecule is CCCC(C)(C)C(=O)OCCCN1CCN(C)CC1. The number of likely N-dealkylation sites (N-methyl/N-ethyl adjacent to an activating group) is 1. The maximum absolute atomic E-state index is 11.9. The van der Waals surface area contributed by atoms with E-state index in [4.69, 9.17) is 4.74 Å². The normalized spacial score (nSPS) is 18.5. The van der Waals surface area contributed by atoms with E-state index in [-0.39, 0.29) is 11.4 Å². The van der Waals surface area contributed by atoms with Crippen LogP contribution in [0.1, 0.15) is 40.0 Å². The van der Waals surface area contributed by atoms with Gasteiger partial charge in [0.15, 0.2) is 0 Å². The Morgan fingerprint density at radius 1 is 1.21 bits per heavy atom. The first-order valence-corrected chi connectivity index (χ1v) is 7.54. The van der Waals surface area contributed by atoms with Crippen LogP contribution in [0.3, 0.4) is 0 Å². The van der Waals surface area contributed by atoms with Crippen molar-refractivity contribution in [2.75, 3.05) is 46.4 Å². The number of carbonyl (C=O) groups excluding carboxylic acids is 1. The lowest BCUT2D eigenvalue weighted by molar-refractivity contribution is -0.154. The number of esters is 1. The highest BCUT2D eigenvalue weighted by atomic mass is 16.5. The van der Waals surface area contributed by atoms with Gasteiger partial charge in [-0.25, -0.2) is 0 Å². The molecule has 0 N–H and O–H groups in total. The molecule has 112 valence electrons. The van der Waals surface area contributed by atoms with Crippen molar-refractivity contribution in [3.63, 3.8) is 0 Å². The van der Waals surface area contributed by atoms with E-state index in [0.717, 1.165) is 52.0 Å². The molecule has 1 aliphatic heterocycles. The first kappa shape index (κ1) is 16.4. The van der Waals surface area contributed by atoms with Gasteiger partial charge in [-0.1, -0.05) is 13.3 Å². The monoisotopic (exact) mass is 270 g/mol. The summed E-state index contributed by atoms with van der Waals surface area (Å²) >= 11 is 0. The van der Waals surface area contributed by atoms with Crippen LogP contribution in [0, 0.1) is 5.41 Å². The first-order chi connectivity index (χ1) is 8.95. The zero-order valence-corrected chi connectivity index (χ0v) is 13.1. The quantitative estimate of drug-likeness (QED) is 0.523. The summed E-state index contributed by atoms with van der Waals surface area (Å²) in [6, 6.07) is 0. The van der Waals surface area contributed by atoms with Crippen LogP contribution >= 0.6 is 0 Å². The van der Waals surface area contributed by atoms with Gasteiger partial charge in [-0.3, -0.25) is 4.79 Å². The van der Waals surface area contributed by atoms with E-state index >= 15 is 0 Å². The van der Waals surface area contributed by atoms with E-state index in [9.17, 15) is 4.79 Å². The molecule has 0 amide bonds. The number of hydrogen-bond donors (Lipinski definition) is 0. The lowest BCUT2D eigenvalue weighted by Gasteiger charge is -2.32. The highest BCUT2D eigenvalue weighted by Crippen LogP contribution is 2.23. The maximum Gasteiger partial charge on any atom is 0.311 e. The number of rotatable bonds is 7. The summed E-state index contributed by atoms with van der Waals surface area (Å²) < 4.78 is 5.40. The predicted octanol–water partition coefficient (Wildman–Crippen LogP) is 1.99. The van der Waals surface area contributed by atoms with Crippen molar-refractivity contribution < 1.29 is 9.53 Å². The van der Waals surface area contributed by atoms with E-state index in [0.29, 0.717) is 6.61 Å². The standard InChI is InChI=1S/C15H30N2O2/c1-5-7-15(2,3)14(18)19-13-6-8-17-11-9-16(4)10-12-17/h5-13H2,1-4H3. The minimum Gasteiger partial charge on any atom is -0.465 e. The Balaban J connectivity index is 2.12. The number of carbonyl (C=O) groups is 1. The summed E-state index contributed by atoms with van der Waals surface area (Å²) in [6.45, 7) is 12.2. The van der Waals surface area contributed by atoms with Gasteiger partial charge in [0.05, 0.1) is 12.0 Å². The van der Waals surface area contributed by atoms with Gasteiger partial charge in [-0.05, 0) is 33.7 Å². The summed E-state index contributed by atoms with van der Waals surface area (Å²) in [7, 11) is 2.16. The highest BCUT2D eigenvalue weighted by molar-refractivity contribution is 5.75. The fraction of sp³-hybridized carbons (Fsp3) is 0.933. The Kier molecular flexibility index (Phi) is 6.80. The van der Waals surface area contributed by atoms with Crippen LogP contribution < -0.4 is 0 Å². The Morgan fingerprint density at radius 2 is 1.84 bits per heavy atom. The molecule has 4 heteroatoms. The average Bonchev–Trinajstić information content (AvgIpc) is 2.36. The molecule has 0 unspecified atom stereocenters. The van der Waals surface area contributed by atoms with Crippen LogP contribution in [0.2, 0.25) is 0 Å². The molecule has 0 aromatic carbocycles. The van der Waals surface area contributed by atoms with Crippen LogP contribution in [0.4, 0.5) is 0 Å². The summed E-state index contributed by atoms with van der Waals surface area (Å²) in [5.41, 5.74) is -0.331. The molecule has 1 aliphatic rings. The minimum atomic E-state index is -0.331. The zero-order chi connectivity index (χ0) is 14.3. The molecular weight excluding hydrogens is 240 g/mol. The number of nitrogens with zero attached hydrogens (tertiary/aromatic N) is 2. The molecule has 0 bridgehead atoms. The van der Waals surface area contributed by atoms with Gasteiger partial charge in [0.1, 0.15) is 0 Å². The van der Waals surface area contributed by atoms with Gasteiger partial charge in [0.25, 0.3) is 0 Å². The van der Waals surface area contributed by atoms with Gasteiger partial charge in [-0.2, -0.15) is 0 Å². The van der Waals surface area contributed by atoms with Gasteiger partial charge in [-0.15, -0.1) is 0 Å². The summed E-state index contributed by atoms with van der Waals surface area (Å²) in [5, 5.41) is 0. The highest BCUT2D eigenvalue weighted by Gasteiger charge is 2.28. The lowest BCUT2D eigenvalue weighted by atomic mass is 9.88. The van der Waals surface area contributed by atoms with E-state index in [1.54, 1.807) is 0 Å². The topological polar surface area (TPSA) is 32.8 Å². The van der Waals surface area contributed by atoms with Crippen molar-refractivity contribution in [1.82, 2.24) is 9.80 Å². The molecule has 0 spiro atoms. The Morgan fingerprint density at radius 3 is 2.42 bits per heavy atom. The molecule has 0 aliphatic carbocycles. The fourth-order valence-electron chi connectivity index (χ4n) is 2.45. The van der Waals surface area contributed by atoms with Gasteiger partial charge in [0, 0.05) is 32.7 Å². The second-order valence-corrected chi connectivity index (χ2v) is 6.27. The Bertz CT molecular complexity index is 271. The van der Waals surface area contributed by atoms with Crippen LogP contribution in [0.25, 0.3) is 0 Å². The molecule has 1 heterocycles. The smallest absolute Gasteiger partial charge is 0.311 e.